The summed E-state index contributed by atoms with van der Waals surface area (Å²) in [6.45, 7) is -0.0795. The van der Waals surface area contributed by atoms with Crippen LogP contribution < -0.4 is 5.56 Å². The monoisotopic (exact) mass is 320 g/mol. The molecule has 0 saturated carbocycles. The Morgan fingerprint density at radius 1 is 1.35 bits per heavy atom. The first kappa shape index (κ1) is 14.9. The van der Waals surface area contributed by atoms with Gasteiger partial charge in [-0.25, -0.2) is 18.6 Å². The maximum atomic E-state index is 13.5. The van der Waals surface area contributed by atoms with Crippen LogP contribution in [-0.2, 0) is 11.3 Å². The summed E-state index contributed by atoms with van der Waals surface area (Å²) in [6.07, 6.45) is 2.27. The molecule has 0 aliphatic rings. The number of carbonyl (C=O) groups is 1. The summed E-state index contributed by atoms with van der Waals surface area (Å²) in [4.78, 5) is 27.4. The lowest BCUT2D eigenvalue weighted by Crippen LogP contribution is -2.22. The molecule has 8 heteroatoms. The molecular weight excluding hydrogens is 310 g/mol. The van der Waals surface area contributed by atoms with E-state index in [-0.39, 0.29) is 23.3 Å². The molecule has 0 atom stereocenters. The van der Waals surface area contributed by atoms with Gasteiger partial charge in [-0.3, -0.25) is 4.79 Å². The van der Waals surface area contributed by atoms with Gasteiger partial charge in [-0.05, 0) is 6.07 Å². The van der Waals surface area contributed by atoms with Crippen LogP contribution in [0.2, 0.25) is 0 Å². The van der Waals surface area contributed by atoms with Gasteiger partial charge in [-0.1, -0.05) is 0 Å². The second-order valence-corrected chi connectivity index (χ2v) is 4.70. The molecule has 0 amide bonds. The number of hydrogen-bond donors (Lipinski definition) is 0. The van der Waals surface area contributed by atoms with Crippen molar-refractivity contribution in [3.05, 3.63) is 64.0 Å². The summed E-state index contributed by atoms with van der Waals surface area (Å²) in [7, 11) is 1.20. The van der Waals surface area contributed by atoms with Crippen molar-refractivity contribution in [2.24, 2.45) is 0 Å². The van der Waals surface area contributed by atoms with Crippen molar-refractivity contribution in [3.63, 3.8) is 0 Å². The zero-order valence-corrected chi connectivity index (χ0v) is 11.9. The Morgan fingerprint density at radius 2 is 2.09 bits per heavy atom. The van der Waals surface area contributed by atoms with Crippen LogP contribution in [0.25, 0.3) is 11.0 Å². The summed E-state index contributed by atoms with van der Waals surface area (Å²) in [5, 5.41) is 0. The Bertz CT molecular complexity index is 962. The number of furan rings is 1. The van der Waals surface area contributed by atoms with Crippen LogP contribution >= 0.6 is 0 Å². The number of methoxy groups -OCH3 is 1. The molecule has 0 bridgehead atoms. The van der Waals surface area contributed by atoms with Crippen LogP contribution in [-0.4, -0.2) is 22.6 Å². The van der Waals surface area contributed by atoms with E-state index in [0.717, 1.165) is 18.3 Å². The van der Waals surface area contributed by atoms with Crippen LogP contribution in [0.1, 0.15) is 16.1 Å². The van der Waals surface area contributed by atoms with Gasteiger partial charge < -0.3 is 13.7 Å². The molecule has 2 heterocycles. The molecule has 3 rings (SSSR count). The second-order valence-electron chi connectivity index (χ2n) is 4.70. The third kappa shape index (κ3) is 2.59. The van der Waals surface area contributed by atoms with E-state index in [1.54, 1.807) is 0 Å². The van der Waals surface area contributed by atoms with Crippen LogP contribution in [0, 0.1) is 11.6 Å². The van der Waals surface area contributed by atoms with E-state index in [1.807, 2.05) is 0 Å². The molecule has 1 aromatic carbocycles. The average Bonchev–Trinajstić information content (AvgIpc) is 2.99. The average molecular weight is 320 g/mol. The summed E-state index contributed by atoms with van der Waals surface area (Å²) in [5.74, 6) is -2.92. The summed E-state index contributed by atoms with van der Waals surface area (Å²) < 4.78 is 37.6. The quantitative estimate of drug-likeness (QED) is 0.691. The van der Waals surface area contributed by atoms with E-state index in [4.69, 9.17) is 4.42 Å². The molecule has 0 radical (unpaired) electrons. The molecule has 0 aliphatic carbocycles. The van der Waals surface area contributed by atoms with Gasteiger partial charge >= 0.3 is 5.97 Å². The highest BCUT2D eigenvalue weighted by Crippen LogP contribution is 2.18. The number of aromatic nitrogens is 2. The van der Waals surface area contributed by atoms with Crippen molar-refractivity contribution in [3.8, 4) is 0 Å². The highest BCUT2D eigenvalue weighted by Gasteiger charge is 2.18. The second kappa shape index (κ2) is 5.64. The number of ether oxygens (including phenoxy) is 1. The van der Waals surface area contributed by atoms with Gasteiger partial charge in [0.25, 0.3) is 5.56 Å². The van der Waals surface area contributed by atoms with Crippen LogP contribution in [0.5, 0.6) is 0 Å². The number of halogens is 2. The minimum absolute atomic E-state index is 0.0630. The first-order valence-electron chi connectivity index (χ1n) is 6.50. The number of hydrogen-bond acceptors (Lipinski definition) is 5. The molecule has 2 aromatic heterocycles. The van der Waals surface area contributed by atoms with Gasteiger partial charge in [-0.15, -0.1) is 0 Å². The van der Waals surface area contributed by atoms with Gasteiger partial charge in [0.1, 0.15) is 0 Å². The Kier molecular flexibility index (Phi) is 3.65. The van der Waals surface area contributed by atoms with Gasteiger partial charge in [-0.2, -0.15) is 0 Å². The molecule has 0 spiro atoms. The zero-order valence-electron chi connectivity index (χ0n) is 11.9. The standard InChI is InChI=1S/C15H10F2N2O4/c1-22-15(21)14-8(2-3-23-14)7-19-12-5-10(17)9(16)4-11(12)18-6-13(19)20/h2-6H,7H2,1H3. The van der Waals surface area contributed by atoms with E-state index in [9.17, 15) is 18.4 Å². The highest BCUT2D eigenvalue weighted by atomic mass is 19.2. The lowest BCUT2D eigenvalue weighted by molar-refractivity contribution is 0.0563. The number of carbonyl (C=O) groups excluding carboxylic acids is 1. The third-order valence-electron chi connectivity index (χ3n) is 3.33. The molecule has 0 saturated heterocycles. The maximum absolute atomic E-state index is 13.5. The fourth-order valence-electron chi connectivity index (χ4n) is 2.22. The van der Waals surface area contributed by atoms with E-state index in [0.29, 0.717) is 5.56 Å². The number of nitrogens with zero attached hydrogens (tertiary/aromatic N) is 2. The highest BCUT2D eigenvalue weighted by molar-refractivity contribution is 5.88. The van der Waals surface area contributed by atoms with Gasteiger partial charge in [0.2, 0.25) is 5.76 Å². The summed E-state index contributed by atoms with van der Waals surface area (Å²) in [5.41, 5.74) is 0.0664. The van der Waals surface area contributed by atoms with Crippen LogP contribution in [0.15, 0.2) is 39.9 Å². The molecule has 0 unspecified atom stereocenters. The fraction of sp³-hybridized carbons (Fsp3) is 0.133. The fourth-order valence-corrected chi connectivity index (χ4v) is 2.22. The summed E-state index contributed by atoms with van der Waals surface area (Å²) in [6, 6.07) is 3.28. The molecule has 0 N–H and O–H groups in total. The third-order valence-corrected chi connectivity index (χ3v) is 3.33. The number of esters is 1. The number of benzene rings is 1. The molecular formula is C15H10F2N2O4. The van der Waals surface area contributed by atoms with Crippen molar-refractivity contribution in [2.45, 2.75) is 6.54 Å². The SMILES string of the molecule is COC(=O)c1occc1Cn1c(=O)cnc2cc(F)c(F)cc21. The van der Waals surface area contributed by atoms with E-state index in [2.05, 4.69) is 9.72 Å². The molecule has 0 aliphatic heterocycles. The first-order valence-corrected chi connectivity index (χ1v) is 6.50. The topological polar surface area (TPSA) is 74.3 Å². The Balaban J connectivity index is 2.15. The Labute approximate surface area is 127 Å². The van der Waals surface area contributed by atoms with E-state index >= 15 is 0 Å². The normalized spacial score (nSPS) is 10.9. The van der Waals surface area contributed by atoms with Crippen molar-refractivity contribution >= 4 is 17.0 Å². The van der Waals surface area contributed by atoms with E-state index < -0.39 is 23.2 Å². The lowest BCUT2D eigenvalue weighted by Gasteiger charge is -2.09. The first-order chi connectivity index (χ1) is 11.0. The van der Waals surface area contributed by atoms with Crippen molar-refractivity contribution in [1.82, 2.24) is 9.55 Å². The number of fused-ring (bicyclic) bond motifs is 1. The number of rotatable bonds is 3. The summed E-state index contributed by atoms with van der Waals surface area (Å²) >= 11 is 0. The van der Waals surface area contributed by atoms with E-state index in [1.165, 1.54) is 24.0 Å². The molecule has 23 heavy (non-hydrogen) atoms. The van der Waals surface area contributed by atoms with Crippen LogP contribution in [0.4, 0.5) is 8.78 Å². The smallest absolute Gasteiger partial charge is 0.374 e. The van der Waals surface area contributed by atoms with Gasteiger partial charge in [0.05, 0.1) is 37.1 Å². The van der Waals surface area contributed by atoms with Gasteiger partial charge in [0, 0.05) is 17.7 Å². The predicted molar refractivity (Wildman–Crippen MR) is 75.1 cm³/mol. The molecule has 0 fully saturated rings. The lowest BCUT2D eigenvalue weighted by atomic mass is 10.2. The molecule has 118 valence electrons. The largest absolute Gasteiger partial charge is 0.463 e. The molecule has 3 aromatic rings. The minimum atomic E-state index is -1.10. The zero-order chi connectivity index (χ0) is 16.6. The van der Waals surface area contributed by atoms with Crippen molar-refractivity contribution in [1.29, 1.82) is 0 Å². The Hall–Kier alpha value is -3.03. The maximum Gasteiger partial charge on any atom is 0.374 e. The van der Waals surface area contributed by atoms with Crippen LogP contribution in [0.3, 0.4) is 0 Å². The predicted octanol–water partition coefficient (Wildman–Crippen LogP) is 2.10. The van der Waals surface area contributed by atoms with Gasteiger partial charge in [0.15, 0.2) is 11.6 Å². The van der Waals surface area contributed by atoms with Crippen molar-refractivity contribution < 1.29 is 22.7 Å². The Morgan fingerprint density at radius 3 is 2.83 bits per heavy atom. The minimum Gasteiger partial charge on any atom is -0.463 e. The van der Waals surface area contributed by atoms with Crippen molar-refractivity contribution in [2.75, 3.05) is 7.11 Å². The molecule has 6 nitrogen and oxygen atoms in total.